The first-order valence-corrected chi connectivity index (χ1v) is 7.27. The molecule has 0 saturated carbocycles. The maximum absolute atomic E-state index is 12.4. The lowest BCUT2D eigenvalue weighted by Gasteiger charge is -2.19. The van der Waals surface area contributed by atoms with Crippen molar-refractivity contribution in [3.8, 4) is 0 Å². The molecule has 0 spiro atoms. The maximum Gasteiger partial charge on any atom is 0.262 e. The molecule has 1 amide bonds. The van der Waals surface area contributed by atoms with Crippen LogP contribution >= 0.6 is 0 Å². The number of carbonyl (C=O) groups excluding carboxylic acids is 3. The van der Waals surface area contributed by atoms with Gasteiger partial charge in [-0.1, -0.05) is 36.4 Å². The Hall–Kier alpha value is -3.01. The van der Waals surface area contributed by atoms with Crippen LogP contribution in [0.2, 0.25) is 0 Å². The van der Waals surface area contributed by atoms with Gasteiger partial charge in [0.25, 0.3) is 5.91 Å². The van der Waals surface area contributed by atoms with Crippen molar-refractivity contribution in [2.45, 2.75) is 5.92 Å². The van der Waals surface area contributed by atoms with Crippen molar-refractivity contribution in [1.82, 2.24) is 0 Å². The molecular weight excluding hydrogens is 290 g/mol. The van der Waals surface area contributed by atoms with E-state index in [9.17, 15) is 14.4 Å². The average molecular weight is 305 g/mol. The summed E-state index contributed by atoms with van der Waals surface area (Å²) < 4.78 is 0. The van der Waals surface area contributed by atoms with Crippen molar-refractivity contribution in [3.63, 3.8) is 0 Å². The Balaban J connectivity index is 1.80. The molecule has 4 nitrogen and oxygen atoms in total. The topological polar surface area (TPSA) is 54.5 Å². The summed E-state index contributed by atoms with van der Waals surface area (Å²) in [6.07, 6.45) is 11.6. The first-order chi connectivity index (χ1) is 11.1. The second-order valence-electron chi connectivity index (χ2n) is 5.41. The SMILES string of the molecule is CN(C(=O)C1=CC(=O)C=CC1=O)c1ccc(C2C=CC=C2)cc1. The number of amides is 1. The third-order valence-corrected chi connectivity index (χ3v) is 3.90. The molecule has 3 rings (SSSR count). The molecule has 1 aromatic rings. The van der Waals surface area contributed by atoms with E-state index < -0.39 is 11.7 Å². The fourth-order valence-corrected chi connectivity index (χ4v) is 2.55. The minimum atomic E-state index is -0.485. The van der Waals surface area contributed by atoms with Crippen LogP contribution in [0.25, 0.3) is 0 Å². The predicted molar refractivity (Wildman–Crippen MR) is 88.1 cm³/mol. The van der Waals surface area contributed by atoms with Gasteiger partial charge in [-0.15, -0.1) is 0 Å². The van der Waals surface area contributed by atoms with Crippen LogP contribution in [0.5, 0.6) is 0 Å². The van der Waals surface area contributed by atoms with Crippen molar-refractivity contribution in [3.05, 3.63) is 77.9 Å². The van der Waals surface area contributed by atoms with Crippen molar-refractivity contribution in [1.29, 1.82) is 0 Å². The number of rotatable bonds is 3. The van der Waals surface area contributed by atoms with E-state index in [1.165, 1.54) is 4.90 Å². The summed E-state index contributed by atoms with van der Waals surface area (Å²) in [5, 5.41) is 0. The van der Waals surface area contributed by atoms with Crippen LogP contribution in [-0.2, 0) is 14.4 Å². The predicted octanol–water partition coefficient (Wildman–Crippen LogP) is 2.49. The highest BCUT2D eigenvalue weighted by Crippen LogP contribution is 2.25. The lowest BCUT2D eigenvalue weighted by Crippen LogP contribution is -2.31. The van der Waals surface area contributed by atoms with Gasteiger partial charge in [0, 0.05) is 24.7 Å². The first kappa shape index (κ1) is 14.9. The molecule has 1 aromatic carbocycles. The lowest BCUT2D eigenvalue weighted by molar-refractivity contribution is -0.120. The molecule has 2 aliphatic rings. The summed E-state index contributed by atoms with van der Waals surface area (Å²) in [5.74, 6) is -1.02. The monoisotopic (exact) mass is 305 g/mol. The molecule has 0 bridgehead atoms. The number of allylic oxidation sites excluding steroid dienone is 7. The van der Waals surface area contributed by atoms with Gasteiger partial charge in [-0.3, -0.25) is 14.4 Å². The van der Waals surface area contributed by atoms with Gasteiger partial charge in [0.1, 0.15) is 0 Å². The van der Waals surface area contributed by atoms with Crippen LogP contribution in [0.4, 0.5) is 5.69 Å². The van der Waals surface area contributed by atoms with Crippen LogP contribution < -0.4 is 4.90 Å². The fraction of sp³-hybridized carbons (Fsp3) is 0.105. The number of hydrogen-bond donors (Lipinski definition) is 0. The Morgan fingerprint density at radius 3 is 2.30 bits per heavy atom. The van der Waals surface area contributed by atoms with Gasteiger partial charge in [0.2, 0.25) is 0 Å². The molecule has 0 unspecified atom stereocenters. The van der Waals surface area contributed by atoms with Gasteiger partial charge in [-0.2, -0.15) is 0 Å². The smallest absolute Gasteiger partial charge is 0.262 e. The molecule has 0 radical (unpaired) electrons. The summed E-state index contributed by atoms with van der Waals surface area (Å²) in [6, 6.07) is 7.56. The Morgan fingerprint density at radius 1 is 1.00 bits per heavy atom. The molecule has 114 valence electrons. The molecule has 2 aliphatic carbocycles. The fourth-order valence-electron chi connectivity index (χ4n) is 2.55. The van der Waals surface area contributed by atoms with E-state index in [4.69, 9.17) is 0 Å². The lowest BCUT2D eigenvalue weighted by atomic mass is 10.00. The Morgan fingerprint density at radius 2 is 1.65 bits per heavy atom. The normalized spacial score (nSPS) is 16.8. The molecule has 0 fully saturated rings. The van der Waals surface area contributed by atoms with Gasteiger partial charge in [0.05, 0.1) is 5.57 Å². The summed E-state index contributed by atoms with van der Waals surface area (Å²) >= 11 is 0. The van der Waals surface area contributed by atoms with Gasteiger partial charge < -0.3 is 4.90 Å². The minimum absolute atomic E-state index is 0.106. The third kappa shape index (κ3) is 2.97. The van der Waals surface area contributed by atoms with E-state index in [0.717, 1.165) is 23.8 Å². The molecule has 4 heteroatoms. The average Bonchev–Trinajstić information content (AvgIpc) is 3.10. The van der Waals surface area contributed by atoms with Crippen LogP contribution in [0.15, 0.2) is 72.4 Å². The summed E-state index contributed by atoms with van der Waals surface area (Å²) in [5.41, 5.74) is 1.69. The van der Waals surface area contributed by atoms with Crippen LogP contribution in [-0.4, -0.2) is 24.5 Å². The van der Waals surface area contributed by atoms with E-state index >= 15 is 0 Å². The van der Waals surface area contributed by atoms with Crippen molar-refractivity contribution in [2.75, 3.05) is 11.9 Å². The Labute approximate surface area is 134 Å². The highest BCUT2D eigenvalue weighted by atomic mass is 16.2. The highest BCUT2D eigenvalue weighted by Gasteiger charge is 2.24. The third-order valence-electron chi connectivity index (χ3n) is 3.90. The van der Waals surface area contributed by atoms with Gasteiger partial charge in [-0.05, 0) is 29.8 Å². The number of ketones is 2. The molecule has 0 saturated heterocycles. The van der Waals surface area contributed by atoms with E-state index in [1.54, 1.807) is 7.05 Å². The molecule has 23 heavy (non-hydrogen) atoms. The standard InChI is InChI=1S/C19H15NO3/c1-20(19(23)17-12-16(21)10-11-18(17)22)15-8-6-14(7-9-15)13-4-2-3-5-13/h2-13H,1H3. The van der Waals surface area contributed by atoms with E-state index in [1.807, 2.05) is 36.4 Å². The number of likely N-dealkylation sites (N-methyl/N-ethyl adjacent to an activating group) is 1. The number of benzene rings is 1. The van der Waals surface area contributed by atoms with E-state index in [0.29, 0.717) is 5.69 Å². The summed E-state index contributed by atoms with van der Waals surface area (Å²) in [4.78, 5) is 36.9. The zero-order valence-electron chi connectivity index (χ0n) is 12.6. The van der Waals surface area contributed by atoms with Crippen molar-refractivity contribution >= 4 is 23.2 Å². The second-order valence-corrected chi connectivity index (χ2v) is 5.41. The van der Waals surface area contributed by atoms with Gasteiger partial charge in [0.15, 0.2) is 11.6 Å². The van der Waals surface area contributed by atoms with E-state index in [-0.39, 0.29) is 17.3 Å². The maximum atomic E-state index is 12.4. The quantitative estimate of drug-likeness (QED) is 0.637. The molecule has 0 aliphatic heterocycles. The highest BCUT2D eigenvalue weighted by molar-refractivity contribution is 6.32. The molecule has 0 heterocycles. The summed E-state index contributed by atoms with van der Waals surface area (Å²) in [7, 11) is 1.59. The number of carbonyl (C=O) groups is 3. The summed E-state index contributed by atoms with van der Waals surface area (Å²) in [6.45, 7) is 0. The molecule has 0 atom stereocenters. The first-order valence-electron chi connectivity index (χ1n) is 7.27. The molecule has 0 N–H and O–H groups in total. The van der Waals surface area contributed by atoms with Gasteiger partial charge >= 0.3 is 0 Å². The minimum Gasteiger partial charge on any atom is -0.311 e. The second kappa shape index (κ2) is 6.01. The van der Waals surface area contributed by atoms with Crippen molar-refractivity contribution in [2.24, 2.45) is 0 Å². The van der Waals surface area contributed by atoms with Gasteiger partial charge in [-0.25, -0.2) is 0 Å². The zero-order valence-corrected chi connectivity index (χ0v) is 12.6. The van der Waals surface area contributed by atoms with Crippen LogP contribution in [0.1, 0.15) is 11.5 Å². The van der Waals surface area contributed by atoms with Crippen LogP contribution in [0.3, 0.4) is 0 Å². The number of nitrogens with zero attached hydrogens (tertiary/aromatic N) is 1. The number of anilines is 1. The Kier molecular flexibility index (Phi) is 3.89. The van der Waals surface area contributed by atoms with Crippen molar-refractivity contribution < 1.29 is 14.4 Å². The number of hydrogen-bond acceptors (Lipinski definition) is 3. The van der Waals surface area contributed by atoms with Crippen LogP contribution in [0, 0.1) is 0 Å². The largest absolute Gasteiger partial charge is 0.311 e. The van der Waals surface area contributed by atoms with E-state index in [2.05, 4.69) is 12.2 Å². The molecular formula is C19H15NO3. The zero-order chi connectivity index (χ0) is 16.4. The Bertz CT molecular complexity index is 782. The molecule has 0 aromatic heterocycles.